The van der Waals surface area contributed by atoms with Crippen LogP contribution < -0.4 is 0 Å². The quantitative estimate of drug-likeness (QED) is 0.324. The largest absolute Gasteiger partial charge is 0.389 e. The van der Waals surface area contributed by atoms with Crippen LogP contribution in [0.1, 0.15) is 46.5 Å². The molecule has 0 radical (unpaired) electrons. The first-order chi connectivity index (χ1) is 7.02. The molecule has 3 nitrogen and oxygen atoms in total. The predicted octanol–water partition coefficient (Wildman–Crippen LogP) is 2.85. The molecule has 0 aromatic heterocycles. The molecule has 0 aromatic rings. The zero-order valence-corrected chi connectivity index (χ0v) is 13.5. The first kappa shape index (κ1) is 17.9. The van der Waals surface area contributed by atoms with Gasteiger partial charge in [-0.25, -0.2) is 4.79 Å². The average Bonchev–Trinajstić information content (AvgIpc) is 2.18. The van der Waals surface area contributed by atoms with E-state index in [1.165, 1.54) is 6.92 Å². The summed E-state index contributed by atoms with van der Waals surface area (Å²) in [5, 5.41) is 0. The molecule has 0 aliphatic rings. The van der Waals surface area contributed by atoms with Crippen LogP contribution in [0.3, 0.4) is 0 Å². The molecule has 0 rings (SSSR count). The Morgan fingerprint density at radius 1 is 1.31 bits per heavy atom. The van der Waals surface area contributed by atoms with Gasteiger partial charge in [0.25, 0.3) is 0 Å². The van der Waals surface area contributed by atoms with E-state index in [1.54, 1.807) is 0 Å². The van der Waals surface area contributed by atoms with Crippen molar-refractivity contribution in [3.05, 3.63) is 12.2 Å². The smallest absolute Gasteiger partial charge is 0.340 e. The van der Waals surface area contributed by atoms with Crippen molar-refractivity contribution >= 4 is 11.9 Å². The van der Waals surface area contributed by atoms with Crippen LogP contribution in [0.5, 0.6) is 0 Å². The summed E-state index contributed by atoms with van der Waals surface area (Å²) in [7, 11) is 0. The van der Waals surface area contributed by atoms with Crippen LogP contribution in [-0.4, -0.2) is 11.9 Å². The Morgan fingerprint density at radius 3 is 2.25 bits per heavy atom. The zero-order chi connectivity index (χ0) is 11.8. The second-order valence-corrected chi connectivity index (χ2v) is 3.74. The molecule has 0 heterocycles. The summed E-state index contributed by atoms with van der Waals surface area (Å²) in [6.07, 6.45) is 3.52. The van der Waals surface area contributed by atoms with Crippen molar-refractivity contribution in [1.29, 1.82) is 0 Å². The molecular formula is C12H20O3Zn. The van der Waals surface area contributed by atoms with Gasteiger partial charge in [-0.15, -0.1) is 0 Å². The van der Waals surface area contributed by atoms with E-state index in [9.17, 15) is 9.59 Å². The predicted molar refractivity (Wildman–Crippen MR) is 59.2 cm³/mol. The molecule has 0 bridgehead atoms. The van der Waals surface area contributed by atoms with Crippen LogP contribution in [0, 0.1) is 5.92 Å². The van der Waals surface area contributed by atoms with Gasteiger partial charge in [-0.1, -0.05) is 33.3 Å². The molecule has 0 fully saturated rings. The minimum atomic E-state index is -0.616. The summed E-state index contributed by atoms with van der Waals surface area (Å²) in [6.45, 7) is 8.95. The summed E-state index contributed by atoms with van der Waals surface area (Å²) in [6, 6.07) is 0. The van der Waals surface area contributed by atoms with Gasteiger partial charge < -0.3 is 4.74 Å². The molecule has 1 unspecified atom stereocenters. The van der Waals surface area contributed by atoms with E-state index in [-0.39, 0.29) is 31.0 Å². The fourth-order valence-electron chi connectivity index (χ4n) is 1.20. The Labute approximate surface area is 110 Å². The maximum atomic E-state index is 11.5. The molecule has 0 amide bonds. The van der Waals surface area contributed by atoms with Gasteiger partial charge in [0, 0.05) is 25.1 Å². The summed E-state index contributed by atoms with van der Waals surface area (Å²) in [4.78, 5) is 22.6. The van der Waals surface area contributed by atoms with Crippen molar-refractivity contribution in [2.24, 2.45) is 5.92 Å². The average molecular weight is 278 g/mol. The molecule has 0 aliphatic heterocycles. The molecular weight excluding hydrogens is 258 g/mol. The maximum absolute atomic E-state index is 11.5. The van der Waals surface area contributed by atoms with E-state index in [2.05, 4.69) is 18.2 Å². The van der Waals surface area contributed by atoms with Crippen LogP contribution in [0.15, 0.2) is 12.2 Å². The van der Waals surface area contributed by atoms with Gasteiger partial charge >= 0.3 is 11.9 Å². The van der Waals surface area contributed by atoms with E-state index in [4.69, 9.17) is 0 Å². The fourth-order valence-corrected chi connectivity index (χ4v) is 1.20. The number of ether oxygens (including phenoxy) is 1. The normalized spacial score (nSPS) is 11.2. The SMILES string of the molecule is C=C(C)C(=O)OC(=O)C(CC)CCCC.[Zn]. The first-order valence-corrected chi connectivity index (χ1v) is 5.44. The molecule has 0 aromatic carbocycles. The first-order valence-electron chi connectivity index (χ1n) is 5.44. The van der Waals surface area contributed by atoms with Gasteiger partial charge in [0.2, 0.25) is 0 Å². The molecule has 0 N–H and O–H groups in total. The third-order valence-corrected chi connectivity index (χ3v) is 2.27. The molecule has 0 aliphatic carbocycles. The number of hydrogen-bond acceptors (Lipinski definition) is 3. The Kier molecular flexibility index (Phi) is 10.9. The summed E-state index contributed by atoms with van der Waals surface area (Å²) < 4.78 is 4.68. The number of esters is 2. The third kappa shape index (κ3) is 6.89. The Hall–Kier alpha value is -0.497. The summed E-state index contributed by atoms with van der Waals surface area (Å²) in [5.41, 5.74) is 0.258. The minimum Gasteiger partial charge on any atom is -0.389 e. The molecule has 0 saturated carbocycles. The fraction of sp³-hybridized carbons (Fsp3) is 0.667. The summed E-state index contributed by atoms with van der Waals surface area (Å²) in [5.74, 6) is -1.19. The van der Waals surface area contributed by atoms with Gasteiger partial charge in [-0.3, -0.25) is 4.79 Å². The second-order valence-electron chi connectivity index (χ2n) is 3.74. The van der Waals surface area contributed by atoms with Crippen LogP contribution in [0.25, 0.3) is 0 Å². The monoisotopic (exact) mass is 276 g/mol. The second kappa shape index (κ2) is 9.71. The molecule has 16 heavy (non-hydrogen) atoms. The van der Waals surface area contributed by atoms with Crippen LogP contribution >= 0.6 is 0 Å². The maximum Gasteiger partial charge on any atom is 0.340 e. The van der Waals surface area contributed by atoms with Gasteiger partial charge in [0.15, 0.2) is 0 Å². The molecule has 88 valence electrons. The molecule has 1 atom stereocenters. The molecule has 4 heteroatoms. The van der Waals surface area contributed by atoms with Crippen LogP contribution in [0.4, 0.5) is 0 Å². The number of carbonyl (C=O) groups excluding carboxylic acids is 2. The molecule has 0 saturated heterocycles. The zero-order valence-electron chi connectivity index (χ0n) is 10.5. The van der Waals surface area contributed by atoms with Crippen molar-refractivity contribution in [3.63, 3.8) is 0 Å². The number of carbonyl (C=O) groups is 2. The van der Waals surface area contributed by atoms with E-state index < -0.39 is 11.9 Å². The standard InChI is InChI=1S/C12H20O3.Zn/c1-5-7-8-10(6-2)12(14)15-11(13)9(3)4;/h10H,3,5-8H2,1-2,4H3;. The van der Waals surface area contributed by atoms with Crippen molar-refractivity contribution in [3.8, 4) is 0 Å². The Balaban J connectivity index is 0. The van der Waals surface area contributed by atoms with E-state index >= 15 is 0 Å². The van der Waals surface area contributed by atoms with Gasteiger partial charge in [0.05, 0.1) is 5.92 Å². The number of rotatable bonds is 6. The van der Waals surface area contributed by atoms with Gasteiger partial charge in [0.1, 0.15) is 0 Å². The molecule has 0 spiro atoms. The van der Waals surface area contributed by atoms with Crippen molar-refractivity contribution in [1.82, 2.24) is 0 Å². The van der Waals surface area contributed by atoms with Crippen molar-refractivity contribution < 1.29 is 33.8 Å². The Bertz CT molecular complexity index is 249. The van der Waals surface area contributed by atoms with Crippen molar-refractivity contribution in [2.75, 3.05) is 0 Å². The Morgan fingerprint density at radius 2 is 1.88 bits per heavy atom. The van der Waals surface area contributed by atoms with E-state index in [1.807, 2.05) is 6.92 Å². The van der Waals surface area contributed by atoms with E-state index in [0.717, 1.165) is 19.3 Å². The van der Waals surface area contributed by atoms with Crippen LogP contribution in [-0.2, 0) is 33.8 Å². The number of unbranched alkanes of at least 4 members (excludes halogenated alkanes) is 1. The topological polar surface area (TPSA) is 43.4 Å². The number of hydrogen-bond donors (Lipinski definition) is 0. The summed E-state index contributed by atoms with van der Waals surface area (Å²) >= 11 is 0. The van der Waals surface area contributed by atoms with Crippen molar-refractivity contribution in [2.45, 2.75) is 46.5 Å². The van der Waals surface area contributed by atoms with Gasteiger partial charge in [-0.05, 0) is 19.8 Å². The van der Waals surface area contributed by atoms with E-state index in [0.29, 0.717) is 6.42 Å². The van der Waals surface area contributed by atoms with Crippen LogP contribution in [0.2, 0.25) is 0 Å². The minimum absolute atomic E-state index is 0. The van der Waals surface area contributed by atoms with Gasteiger partial charge in [-0.2, -0.15) is 0 Å². The third-order valence-electron chi connectivity index (χ3n) is 2.27.